The lowest BCUT2D eigenvalue weighted by Crippen LogP contribution is -2.35. The molecular formula is C16H26N2O2S. The molecule has 1 aromatic carbocycles. The molecule has 5 heteroatoms. The summed E-state index contributed by atoms with van der Waals surface area (Å²) in [6.07, 6.45) is 5.68. The van der Waals surface area contributed by atoms with Crippen molar-refractivity contribution < 1.29 is 8.42 Å². The Morgan fingerprint density at radius 2 is 1.86 bits per heavy atom. The van der Waals surface area contributed by atoms with Gasteiger partial charge in [-0.1, -0.05) is 19.8 Å². The molecule has 0 spiro atoms. The van der Waals surface area contributed by atoms with E-state index in [-0.39, 0.29) is 11.8 Å². The van der Waals surface area contributed by atoms with Crippen LogP contribution in [-0.2, 0) is 9.84 Å². The number of anilines is 1. The van der Waals surface area contributed by atoms with Gasteiger partial charge in [-0.05, 0) is 49.4 Å². The number of sulfone groups is 1. The van der Waals surface area contributed by atoms with Gasteiger partial charge in [-0.15, -0.1) is 0 Å². The molecule has 0 saturated heterocycles. The Bertz CT molecular complexity index is 534. The van der Waals surface area contributed by atoms with Crippen LogP contribution in [0.5, 0.6) is 0 Å². The first-order valence-corrected chi connectivity index (χ1v) is 9.51. The van der Waals surface area contributed by atoms with Crippen molar-refractivity contribution in [1.82, 2.24) is 0 Å². The zero-order valence-electron chi connectivity index (χ0n) is 12.7. The lowest BCUT2D eigenvalue weighted by atomic mass is 9.98. The van der Waals surface area contributed by atoms with Crippen LogP contribution < -0.4 is 11.1 Å². The molecule has 21 heavy (non-hydrogen) atoms. The van der Waals surface area contributed by atoms with E-state index in [2.05, 4.69) is 5.32 Å². The first-order valence-electron chi connectivity index (χ1n) is 7.86. The van der Waals surface area contributed by atoms with Crippen molar-refractivity contribution in [3.8, 4) is 0 Å². The van der Waals surface area contributed by atoms with Gasteiger partial charge < -0.3 is 11.1 Å². The van der Waals surface area contributed by atoms with Crippen LogP contribution in [0.1, 0.15) is 39.0 Å². The summed E-state index contributed by atoms with van der Waals surface area (Å²) in [6.45, 7) is 2.49. The molecule has 3 N–H and O–H groups in total. The van der Waals surface area contributed by atoms with Gasteiger partial charge in [0.05, 0.1) is 10.6 Å². The molecule has 0 aromatic heterocycles. The normalized spacial score (nSPS) is 17.8. The van der Waals surface area contributed by atoms with Gasteiger partial charge in [0, 0.05) is 18.3 Å². The quantitative estimate of drug-likeness (QED) is 0.812. The van der Waals surface area contributed by atoms with Gasteiger partial charge in [0.1, 0.15) is 0 Å². The van der Waals surface area contributed by atoms with Crippen molar-refractivity contribution >= 4 is 15.5 Å². The molecule has 1 aromatic rings. The lowest BCUT2D eigenvalue weighted by molar-refractivity contribution is 0.462. The molecule has 1 aliphatic rings. The predicted octanol–water partition coefficient (Wildman–Crippen LogP) is 2.80. The molecule has 118 valence electrons. The third-order valence-electron chi connectivity index (χ3n) is 4.26. The number of hydrogen-bond donors (Lipinski definition) is 2. The zero-order chi connectivity index (χ0) is 15.3. The standard InChI is InChI=1S/C16H26N2O2S/c1-2-11-21(19,20)15-9-7-14(8-10-15)18-16(12-17)13-5-3-4-6-13/h7-10,13,16,18H,2-6,11-12,17H2,1H3. The zero-order valence-corrected chi connectivity index (χ0v) is 13.5. The second kappa shape index (κ2) is 7.27. The van der Waals surface area contributed by atoms with Crippen molar-refractivity contribution in [2.75, 3.05) is 17.6 Å². The van der Waals surface area contributed by atoms with Crippen LogP contribution in [-0.4, -0.2) is 26.8 Å². The molecule has 1 aliphatic carbocycles. The summed E-state index contributed by atoms with van der Waals surface area (Å²) in [6, 6.07) is 7.36. The largest absolute Gasteiger partial charge is 0.381 e. The summed E-state index contributed by atoms with van der Waals surface area (Å²) in [4.78, 5) is 0.403. The summed E-state index contributed by atoms with van der Waals surface area (Å²) < 4.78 is 24.0. The fraction of sp³-hybridized carbons (Fsp3) is 0.625. The van der Waals surface area contributed by atoms with Crippen LogP contribution in [0.4, 0.5) is 5.69 Å². The minimum absolute atomic E-state index is 0.202. The van der Waals surface area contributed by atoms with E-state index < -0.39 is 9.84 Å². The Hall–Kier alpha value is -1.07. The van der Waals surface area contributed by atoms with E-state index >= 15 is 0 Å². The van der Waals surface area contributed by atoms with E-state index in [0.717, 1.165) is 5.69 Å². The van der Waals surface area contributed by atoms with Crippen molar-refractivity contribution in [1.29, 1.82) is 0 Å². The molecule has 1 atom stereocenters. The van der Waals surface area contributed by atoms with E-state index in [4.69, 9.17) is 5.73 Å². The number of nitrogens with two attached hydrogens (primary N) is 1. The highest BCUT2D eigenvalue weighted by atomic mass is 32.2. The van der Waals surface area contributed by atoms with E-state index in [1.165, 1.54) is 25.7 Å². The molecule has 1 unspecified atom stereocenters. The molecule has 1 saturated carbocycles. The number of rotatable bonds is 7. The number of nitrogens with one attached hydrogen (secondary N) is 1. The molecule has 0 radical (unpaired) electrons. The van der Waals surface area contributed by atoms with Gasteiger partial charge in [0.2, 0.25) is 0 Å². The fourth-order valence-electron chi connectivity index (χ4n) is 3.09. The Balaban J connectivity index is 2.04. The van der Waals surface area contributed by atoms with Crippen molar-refractivity contribution in [3.63, 3.8) is 0 Å². The average Bonchev–Trinajstić information content (AvgIpc) is 2.99. The highest BCUT2D eigenvalue weighted by Crippen LogP contribution is 2.29. The maximum Gasteiger partial charge on any atom is 0.178 e. The van der Waals surface area contributed by atoms with E-state index in [0.29, 0.717) is 23.8 Å². The Labute approximate surface area is 128 Å². The number of benzene rings is 1. The summed E-state index contributed by atoms with van der Waals surface area (Å²) in [5.41, 5.74) is 6.83. The highest BCUT2D eigenvalue weighted by molar-refractivity contribution is 7.91. The first kappa shape index (κ1) is 16.3. The van der Waals surface area contributed by atoms with E-state index in [9.17, 15) is 8.42 Å². The molecule has 0 bridgehead atoms. The number of hydrogen-bond acceptors (Lipinski definition) is 4. The Morgan fingerprint density at radius 1 is 1.24 bits per heavy atom. The summed E-state index contributed by atoms with van der Waals surface area (Å²) >= 11 is 0. The van der Waals surface area contributed by atoms with E-state index in [1.807, 2.05) is 19.1 Å². The van der Waals surface area contributed by atoms with Crippen molar-refractivity contribution in [3.05, 3.63) is 24.3 Å². The van der Waals surface area contributed by atoms with E-state index in [1.54, 1.807) is 12.1 Å². The Kier molecular flexibility index (Phi) is 5.65. The van der Waals surface area contributed by atoms with Gasteiger partial charge in [0.25, 0.3) is 0 Å². The van der Waals surface area contributed by atoms with Crippen LogP contribution >= 0.6 is 0 Å². The topological polar surface area (TPSA) is 72.2 Å². The first-order chi connectivity index (χ1) is 10.1. The Morgan fingerprint density at radius 3 is 2.38 bits per heavy atom. The van der Waals surface area contributed by atoms with Crippen molar-refractivity contribution in [2.45, 2.75) is 50.0 Å². The summed E-state index contributed by atoms with van der Waals surface area (Å²) in [7, 11) is -3.13. The molecule has 2 rings (SSSR count). The molecular weight excluding hydrogens is 284 g/mol. The smallest absolute Gasteiger partial charge is 0.178 e. The fourth-order valence-corrected chi connectivity index (χ4v) is 4.41. The van der Waals surface area contributed by atoms with Crippen LogP contribution in [0.25, 0.3) is 0 Å². The van der Waals surface area contributed by atoms with Crippen LogP contribution in [0.15, 0.2) is 29.2 Å². The SMILES string of the molecule is CCCS(=O)(=O)c1ccc(NC(CN)C2CCCC2)cc1. The average molecular weight is 310 g/mol. The van der Waals surface area contributed by atoms with Gasteiger partial charge >= 0.3 is 0 Å². The second-order valence-electron chi connectivity index (χ2n) is 5.87. The third-order valence-corrected chi connectivity index (χ3v) is 6.20. The predicted molar refractivity (Wildman–Crippen MR) is 87.2 cm³/mol. The minimum Gasteiger partial charge on any atom is -0.381 e. The molecule has 0 amide bonds. The van der Waals surface area contributed by atoms with Gasteiger partial charge in [0.15, 0.2) is 9.84 Å². The van der Waals surface area contributed by atoms with Gasteiger partial charge in [-0.25, -0.2) is 8.42 Å². The lowest BCUT2D eigenvalue weighted by Gasteiger charge is -2.24. The maximum atomic E-state index is 12.0. The maximum absolute atomic E-state index is 12.0. The van der Waals surface area contributed by atoms with Crippen molar-refractivity contribution in [2.24, 2.45) is 11.7 Å². The van der Waals surface area contributed by atoms with Gasteiger partial charge in [-0.3, -0.25) is 0 Å². The van der Waals surface area contributed by atoms with Gasteiger partial charge in [-0.2, -0.15) is 0 Å². The second-order valence-corrected chi connectivity index (χ2v) is 7.98. The van der Waals surface area contributed by atoms with Crippen LogP contribution in [0.3, 0.4) is 0 Å². The monoisotopic (exact) mass is 310 g/mol. The highest BCUT2D eigenvalue weighted by Gasteiger charge is 2.23. The molecule has 0 aliphatic heterocycles. The van der Waals surface area contributed by atoms with Crippen LogP contribution in [0, 0.1) is 5.92 Å². The molecule has 1 fully saturated rings. The third kappa shape index (κ3) is 4.20. The van der Waals surface area contributed by atoms with Crippen LogP contribution in [0.2, 0.25) is 0 Å². The summed E-state index contributed by atoms with van der Waals surface area (Å²) in [5, 5.41) is 3.46. The summed E-state index contributed by atoms with van der Waals surface area (Å²) in [5.74, 6) is 0.839. The molecule has 0 heterocycles. The minimum atomic E-state index is -3.13. The molecule has 4 nitrogen and oxygen atoms in total.